The van der Waals surface area contributed by atoms with E-state index in [9.17, 15) is 29.7 Å². The third-order valence-corrected chi connectivity index (χ3v) is 4.43. The van der Waals surface area contributed by atoms with Gasteiger partial charge >= 0.3 is 5.97 Å². The lowest BCUT2D eigenvalue weighted by Crippen LogP contribution is -2.30. The minimum atomic E-state index is -1.76. The number of phenolic OH excluding ortho intramolecular Hbond substituents is 1. The lowest BCUT2D eigenvalue weighted by molar-refractivity contribution is -0.150. The summed E-state index contributed by atoms with van der Waals surface area (Å²) in [5.74, 6) is -4.73. The van der Waals surface area contributed by atoms with Crippen LogP contribution in [0.4, 0.5) is 0 Å². The average molecular weight is 426 g/mol. The van der Waals surface area contributed by atoms with Gasteiger partial charge < -0.3 is 24.8 Å². The molecule has 0 spiro atoms. The highest BCUT2D eigenvalue weighted by Gasteiger charge is 2.31. The topological polar surface area (TPSA) is 130 Å². The zero-order chi connectivity index (χ0) is 23.0. The van der Waals surface area contributed by atoms with E-state index in [0.717, 1.165) is 19.3 Å². The summed E-state index contributed by atoms with van der Waals surface area (Å²) in [5, 5.41) is 29.3. The van der Waals surface area contributed by atoms with Crippen molar-refractivity contribution in [2.24, 2.45) is 5.92 Å². The zero-order valence-electron chi connectivity index (χ0n) is 16.9. The second-order valence-corrected chi connectivity index (χ2v) is 6.34. The number of esters is 1. The molecule has 0 saturated carbocycles. The first kappa shape index (κ1) is 23.4. The van der Waals surface area contributed by atoms with Gasteiger partial charge in [0, 0.05) is 16.7 Å². The molecule has 3 N–H and O–H groups in total. The van der Waals surface area contributed by atoms with Gasteiger partial charge in [0.2, 0.25) is 0 Å². The van der Waals surface area contributed by atoms with Crippen molar-refractivity contribution < 1.29 is 39.2 Å². The van der Waals surface area contributed by atoms with Gasteiger partial charge in [-0.05, 0) is 30.4 Å². The van der Waals surface area contributed by atoms with Gasteiger partial charge in [0.05, 0.1) is 20.8 Å². The number of benzene rings is 2. The van der Waals surface area contributed by atoms with E-state index >= 15 is 0 Å². The molecule has 0 fully saturated rings. The molecule has 1 atom stereocenters. The van der Waals surface area contributed by atoms with E-state index in [4.69, 9.17) is 4.74 Å². The molecule has 0 saturated heterocycles. The summed E-state index contributed by atoms with van der Waals surface area (Å²) in [5.41, 5.74) is 0.745. The van der Waals surface area contributed by atoms with E-state index in [1.807, 2.05) is 0 Å². The number of aliphatic hydroxyl groups excluding tert-OH is 1. The van der Waals surface area contributed by atoms with E-state index < -0.39 is 30.1 Å². The van der Waals surface area contributed by atoms with Gasteiger partial charge in [-0.1, -0.05) is 30.3 Å². The lowest BCUT2D eigenvalue weighted by Gasteiger charge is -2.09. The number of hydrogen-bond acceptors (Lipinski definition) is 8. The Kier molecular flexibility index (Phi) is 8.10. The molecular formula is C23H22O8. The van der Waals surface area contributed by atoms with Gasteiger partial charge in [0.1, 0.15) is 5.75 Å². The molecule has 1 unspecified atom stereocenters. The van der Waals surface area contributed by atoms with Crippen molar-refractivity contribution in [3.05, 3.63) is 65.2 Å². The predicted octanol–water partition coefficient (Wildman–Crippen LogP) is 2.25. The summed E-state index contributed by atoms with van der Waals surface area (Å²) < 4.78 is 9.57. The number of aliphatic hydroxyl groups is 1. The van der Waals surface area contributed by atoms with Crippen LogP contribution in [-0.2, 0) is 25.7 Å². The maximum atomic E-state index is 12.6. The van der Waals surface area contributed by atoms with E-state index in [0.29, 0.717) is 0 Å². The highest BCUT2D eigenvalue weighted by molar-refractivity contribution is 6.24. The molecule has 0 amide bonds. The van der Waals surface area contributed by atoms with Crippen LogP contribution in [0.5, 0.6) is 17.2 Å². The quantitative estimate of drug-likeness (QED) is 0.316. The second kappa shape index (κ2) is 10.7. The largest absolute Gasteiger partial charge is 0.507 e. The Labute approximate surface area is 178 Å². The molecule has 31 heavy (non-hydrogen) atoms. The zero-order valence-corrected chi connectivity index (χ0v) is 16.9. The fourth-order valence-electron chi connectivity index (χ4n) is 2.74. The van der Waals surface area contributed by atoms with Crippen LogP contribution in [0.15, 0.2) is 48.6 Å². The number of carbonyl (C=O) groups excluding carboxylic acids is 3. The molecule has 2 rings (SSSR count). The number of aromatic hydroxyl groups is 2. The fraction of sp³-hybridized carbons (Fsp3) is 0.174. The van der Waals surface area contributed by atoms with Crippen LogP contribution in [0, 0.1) is 5.92 Å². The Morgan fingerprint density at radius 3 is 1.97 bits per heavy atom. The van der Waals surface area contributed by atoms with Crippen molar-refractivity contribution in [3.63, 3.8) is 0 Å². The van der Waals surface area contributed by atoms with Crippen LogP contribution in [0.3, 0.4) is 0 Å². The van der Waals surface area contributed by atoms with Crippen molar-refractivity contribution in [2.45, 2.75) is 6.61 Å². The number of rotatable bonds is 9. The number of allylic oxidation sites excluding steroid dienone is 2. The number of para-hydroxylation sites is 2. The first-order valence-electron chi connectivity index (χ1n) is 9.13. The van der Waals surface area contributed by atoms with Gasteiger partial charge in [-0.3, -0.25) is 14.4 Å². The number of ketones is 2. The third kappa shape index (κ3) is 5.58. The fourth-order valence-corrected chi connectivity index (χ4v) is 2.74. The number of ether oxygens (including phenoxy) is 2. The van der Waals surface area contributed by atoms with Gasteiger partial charge in [-0.15, -0.1) is 0 Å². The summed E-state index contributed by atoms with van der Waals surface area (Å²) >= 11 is 0. The Morgan fingerprint density at radius 2 is 1.45 bits per heavy atom. The molecule has 0 heterocycles. The minimum absolute atomic E-state index is 0.197. The first-order chi connectivity index (χ1) is 14.8. The van der Waals surface area contributed by atoms with Crippen LogP contribution in [-0.4, -0.2) is 47.1 Å². The maximum absolute atomic E-state index is 12.6. The van der Waals surface area contributed by atoms with Crippen molar-refractivity contribution in [1.29, 1.82) is 0 Å². The molecule has 2 aromatic rings. The third-order valence-electron chi connectivity index (χ3n) is 4.43. The summed E-state index contributed by atoms with van der Waals surface area (Å²) in [6.45, 7) is -0.396. The molecule has 0 aliphatic rings. The SMILES string of the molecule is COC(=O)C(C(=O)/C=C/c1cccc(CO)c1O)C(=O)/C=C/c1cccc(OC)c1O. The second-order valence-electron chi connectivity index (χ2n) is 6.34. The summed E-state index contributed by atoms with van der Waals surface area (Å²) in [7, 11) is 2.42. The van der Waals surface area contributed by atoms with E-state index in [-0.39, 0.29) is 33.9 Å². The number of carbonyl (C=O) groups is 3. The standard InChI is InChI=1S/C23H22O8/c1-30-19-8-4-6-15(22(19)28)10-12-18(26)20(23(29)31-2)17(25)11-9-14-5-3-7-16(13-24)21(14)27/h3-12,20,24,27-28H,13H2,1-2H3/b11-9+,12-10+. The molecule has 8 nitrogen and oxygen atoms in total. The smallest absolute Gasteiger partial charge is 0.324 e. The monoisotopic (exact) mass is 426 g/mol. The summed E-state index contributed by atoms with van der Waals surface area (Å²) in [6.07, 6.45) is 4.46. The summed E-state index contributed by atoms with van der Waals surface area (Å²) in [4.78, 5) is 37.2. The minimum Gasteiger partial charge on any atom is -0.507 e. The first-order valence-corrected chi connectivity index (χ1v) is 9.13. The van der Waals surface area contributed by atoms with Gasteiger partial charge in [0.15, 0.2) is 29.0 Å². The predicted molar refractivity (Wildman–Crippen MR) is 112 cm³/mol. The Balaban J connectivity index is 2.28. The van der Waals surface area contributed by atoms with Crippen LogP contribution < -0.4 is 4.74 Å². The average Bonchev–Trinajstić information content (AvgIpc) is 2.77. The Morgan fingerprint density at radius 1 is 0.903 bits per heavy atom. The molecule has 2 aromatic carbocycles. The van der Waals surface area contributed by atoms with Gasteiger partial charge in [0.25, 0.3) is 0 Å². The van der Waals surface area contributed by atoms with Gasteiger partial charge in [-0.25, -0.2) is 0 Å². The molecule has 0 aromatic heterocycles. The van der Waals surface area contributed by atoms with Crippen LogP contribution in [0.25, 0.3) is 12.2 Å². The number of phenols is 2. The number of hydrogen-bond donors (Lipinski definition) is 3. The molecule has 0 bridgehead atoms. The van der Waals surface area contributed by atoms with E-state index in [2.05, 4.69) is 4.74 Å². The number of methoxy groups -OCH3 is 2. The highest BCUT2D eigenvalue weighted by atomic mass is 16.5. The molecule has 8 heteroatoms. The molecule has 0 radical (unpaired) electrons. The summed E-state index contributed by atoms with van der Waals surface area (Å²) in [6, 6.07) is 9.23. The van der Waals surface area contributed by atoms with E-state index in [1.54, 1.807) is 12.1 Å². The Hall–Kier alpha value is -3.91. The van der Waals surface area contributed by atoms with Crippen molar-refractivity contribution in [3.8, 4) is 17.2 Å². The molecule has 0 aliphatic carbocycles. The van der Waals surface area contributed by atoms with Gasteiger partial charge in [-0.2, -0.15) is 0 Å². The van der Waals surface area contributed by atoms with Crippen LogP contribution in [0.2, 0.25) is 0 Å². The van der Waals surface area contributed by atoms with Crippen molar-refractivity contribution in [2.75, 3.05) is 14.2 Å². The van der Waals surface area contributed by atoms with Crippen LogP contribution >= 0.6 is 0 Å². The maximum Gasteiger partial charge on any atom is 0.324 e. The lowest BCUT2D eigenvalue weighted by atomic mass is 9.96. The Bertz CT molecular complexity index is 960. The molecular weight excluding hydrogens is 404 g/mol. The molecule has 0 aliphatic heterocycles. The van der Waals surface area contributed by atoms with Crippen molar-refractivity contribution in [1.82, 2.24) is 0 Å². The van der Waals surface area contributed by atoms with Crippen LogP contribution in [0.1, 0.15) is 16.7 Å². The highest BCUT2D eigenvalue weighted by Crippen LogP contribution is 2.30. The van der Waals surface area contributed by atoms with Crippen molar-refractivity contribution >= 4 is 29.7 Å². The molecule has 162 valence electrons. The normalized spacial score (nSPS) is 12.1. The van der Waals surface area contributed by atoms with E-state index in [1.165, 1.54) is 43.5 Å².